The van der Waals surface area contributed by atoms with Gasteiger partial charge in [-0.05, 0) is 40.5 Å². The summed E-state index contributed by atoms with van der Waals surface area (Å²) in [4.78, 5) is 2.16. The number of benzene rings is 3. The summed E-state index contributed by atoms with van der Waals surface area (Å²) < 4.78 is 12.0. The highest BCUT2D eigenvalue weighted by atomic mass is 32.1. The largest absolute Gasteiger partial charge is 0.269 e. The summed E-state index contributed by atoms with van der Waals surface area (Å²) in [5.74, 6) is 0. The number of fused-ring (bicyclic) bond motifs is 1. The number of thiophene rings is 1. The van der Waals surface area contributed by atoms with Crippen LogP contribution < -0.4 is 5.30 Å². The minimum Gasteiger partial charge on any atom is -0.269 e. The number of hydrogen-bond acceptors (Lipinski definition) is 2. The normalized spacial score (nSPS) is 11.5. The van der Waals surface area contributed by atoms with Crippen molar-refractivity contribution in [3.8, 4) is 20.9 Å². The Morgan fingerprint density at radius 2 is 1.71 bits per heavy atom. The molecule has 4 aromatic rings. The maximum atomic E-state index is 12.0. The molecular weight excluding hydrogens is 379 g/mol. The van der Waals surface area contributed by atoms with Crippen LogP contribution in [0.4, 0.5) is 0 Å². The molecule has 4 rings (SSSR count). The van der Waals surface area contributed by atoms with E-state index in [-0.39, 0.29) is 8.46 Å². The Labute approximate surface area is 170 Å². The second-order valence-corrected chi connectivity index (χ2v) is 8.17. The van der Waals surface area contributed by atoms with Crippen LogP contribution in [0.15, 0.2) is 79.4 Å². The fraction of sp³-hybridized carbons (Fsp3) is 0.0400. The van der Waals surface area contributed by atoms with Crippen molar-refractivity contribution in [2.75, 3.05) is 0 Å². The van der Waals surface area contributed by atoms with Crippen molar-refractivity contribution in [2.24, 2.45) is 0 Å². The molecule has 0 unspecified atom stereocenters. The molecule has 0 saturated carbocycles. The van der Waals surface area contributed by atoms with Gasteiger partial charge in [-0.2, -0.15) is 0 Å². The SMILES string of the molecule is C=Cc1cccc(-c2cc(P=O)c(-c3cccc4ccccc34)s2)c1/C=C\C. The van der Waals surface area contributed by atoms with Gasteiger partial charge in [0.15, 0.2) is 8.46 Å². The molecule has 0 atom stereocenters. The van der Waals surface area contributed by atoms with Crippen molar-refractivity contribution in [1.82, 2.24) is 0 Å². The molecule has 0 saturated heterocycles. The van der Waals surface area contributed by atoms with E-state index in [0.717, 1.165) is 37.3 Å². The van der Waals surface area contributed by atoms with E-state index in [0.29, 0.717) is 0 Å². The lowest BCUT2D eigenvalue weighted by Gasteiger charge is -2.08. The Morgan fingerprint density at radius 3 is 2.50 bits per heavy atom. The monoisotopic (exact) mass is 398 g/mol. The Morgan fingerprint density at radius 1 is 0.964 bits per heavy atom. The fourth-order valence-electron chi connectivity index (χ4n) is 3.53. The Hall–Kier alpha value is -2.80. The first-order chi connectivity index (χ1) is 13.8. The van der Waals surface area contributed by atoms with E-state index in [1.165, 1.54) is 10.8 Å². The van der Waals surface area contributed by atoms with E-state index in [1.807, 2.05) is 43.3 Å². The van der Waals surface area contributed by atoms with E-state index in [4.69, 9.17) is 0 Å². The first kappa shape index (κ1) is 18.6. The molecule has 3 heteroatoms. The predicted molar refractivity (Wildman–Crippen MR) is 125 cm³/mol. The highest BCUT2D eigenvalue weighted by Crippen LogP contribution is 2.40. The third kappa shape index (κ3) is 3.26. The molecule has 0 radical (unpaired) electrons. The number of hydrogen-bond donors (Lipinski definition) is 0. The lowest BCUT2D eigenvalue weighted by molar-refractivity contribution is 0.603. The van der Waals surface area contributed by atoms with E-state index < -0.39 is 0 Å². The van der Waals surface area contributed by atoms with Gasteiger partial charge in [-0.15, -0.1) is 11.3 Å². The molecule has 0 aliphatic carbocycles. The second-order valence-electron chi connectivity index (χ2n) is 6.46. The molecular formula is C25H19OPS. The maximum Gasteiger partial charge on any atom is 0.193 e. The van der Waals surface area contributed by atoms with Crippen molar-refractivity contribution in [2.45, 2.75) is 6.92 Å². The molecule has 0 aliphatic heterocycles. The fourth-order valence-corrected chi connectivity index (χ4v) is 5.38. The van der Waals surface area contributed by atoms with Crippen LogP contribution >= 0.6 is 19.8 Å². The number of rotatable bonds is 5. The van der Waals surface area contributed by atoms with Crippen molar-refractivity contribution >= 4 is 48.0 Å². The lowest BCUT2D eigenvalue weighted by atomic mass is 9.99. The molecule has 0 aliphatic rings. The van der Waals surface area contributed by atoms with Gasteiger partial charge in [0.1, 0.15) is 0 Å². The summed E-state index contributed by atoms with van der Waals surface area (Å²) in [7, 11) is 0.0372. The smallest absolute Gasteiger partial charge is 0.193 e. The highest BCUT2D eigenvalue weighted by molar-refractivity contribution is 7.37. The van der Waals surface area contributed by atoms with Crippen LogP contribution in [-0.4, -0.2) is 0 Å². The Balaban J connectivity index is 1.96. The standard InChI is InChI=1S/C25H19OPS/c1-3-9-19-17(4-2)11-7-14-21(19)24-16-23(27-26)25(28-24)22-15-8-12-18-10-5-6-13-20(18)22/h3-16H,2H2,1H3/b9-3-. The average molecular weight is 398 g/mol. The van der Waals surface area contributed by atoms with Crippen LogP contribution in [0.2, 0.25) is 0 Å². The van der Waals surface area contributed by atoms with Crippen molar-refractivity contribution in [3.05, 3.63) is 90.5 Å². The Bertz CT molecular complexity index is 1210. The van der Waals surface area contributed by atoms with Gasteiger partial charge >= 0.3 is 0 Å². The zero-order valence-electron chi connectivity index (χ0n) is 15.6. The van der Waals surface area contributed by atoms with Crippen LogP contribution in [0.25, 0.3) is 43.8 Å². The Kier molecular flexibility index (Phi) is 5.34. The van der Waals surface area contributed by atoms with Gasteiger partial charge in [-0.3, -0.25) is 4.57 Å². The molecule has 1 aromatic heterocycles. The molecule has 3 aromatic carbocycles. The van der Waals surface area contributed by atoms with Gasteiger partial charge in [-0.1, -0.05) is 85.5 Å². The van der Waals surface area contributed by atoms with E-state index in [9.17, 15) is 4.57 Å². The van der Waals surface area contributed by atoms with Crippen molar-refractivity contribution < 1.29 is 4.57 Å². The molecule has 28 heavy (non-hydrogen) atoms. The number of allylic oxidation sites excluding steroid dienone is 1. The molecule has 0 amide bonds. The highest BCUT2D eigenvalue weighted by Gasteiger charge is 2.16. The minimum atomic E-state index is 0.0372. The summed E-state index contributed by atoms with van der Waals surface area (Å²) in [6.07, 6.45) is 6.03. The summed E-state index contributed by atoms with van der Waals surface area (Å²) in [6.45, 7) is 5.96. The minimum absolute atomic E-state index is 0.0372. The van der Waals surface area contributed by atoms with Crippen molar-refractivity contribution in [3.63, 3.8) is 0 Å². The molecule has 0 spiro atoms. The van der Waals surface area contributed by atoms with Crippen LogP contribution in [0.1, 0.15) is 18.1 Å². The summed E-state index contributed by atoms with van der Waals surface area (Å²) in [5, 5.41) is 3.19. The van der Waals surface area contributed by atoms with E-state index in [1.54, 1.807) is 11.3 Å². The molecule has 0 bridgehead atoms. The van der Waals surface area contributed by atoms with Gasteiger partial charge in [0.2, 0.25) is 0 Å². The molecule has 1 heterocycles. The van der Waals surface area contributed by atoms with Crippen LogP contribution in [0.3, 0.4) is 0 Å². The van der Waals surface area contributed by atoms with Gasteiger partial charge in [0.05, 0.1) is 10.2 Å². The van der Waals surface area contributed by atoms with Crippen molar-refractivity contribution in [1.29, 1.82) is 0 Å². The van der Waals surface area contributed by atoms with Gasteiger partial charge < -0.3 is 0 Å². The zero-order chi connectivity index (χ0) is 19.5. The van der Waals surface area contributed by atoms with Gasteiger partial charge in [0, 0.05) is 10.4 Å². The predicted octanol–water partition coefficient (Wildman–Crippen LogP) is 7.83. The first-order valence-corrected chi connectivity index (χ1v) is 10.7. The maximum absolute atomic E-state index is 12.0. The summed E-state index contributed by atoms with van der Waals surface area (Å²) in [5.41, 5.74) is 4.49. The third-order valence-corrected chi connectivity index (χ3v) is 6.71. The van der Waals surface area contributed by atoms with Gasteiger partial charge in [0.25, 0.3) is 0 Å². The average Bonchev–Trinajstić information content (AvgIpc) is 3.17. The van der Waals surface area contributed by atoms with Gasteiger partial charge in [-0.25, -0.2) is 0 Å². The lowest BCUT2D eigenvalue weighted by Crippen LogP contribution is -1.91. The summed E-state index contributed by atoms with van der Waals surface area (Å²) >= 11 is 1.69. The molecule has 0 N–H and O–H groups in total. The molecule has 136 valence electrons. The van der Waals surface area contributed by atoms with Crippen LogP contribution in [0.5, 0.6) is 0 Å². The van der Waals surface area contributed by atoms with Crippen LogP contribution in [-0.2, 0) is 4.57 Å². The van der Waals surface area contributed by atoms with E-state index >= 15 is 0 Å². The zero-order valence-corrected chi connectivity index (χ0v) is 17.3. The molecule has 1 nitrogen and oxygen atoms in total. The topological polar surface area (TPSA) is 17.1 Å². The van der Waals surface area contributed by atoms with Crippen LogP contribution in [0, 0.1) is 0 Å². The molecule has 0 fully saturated rings. The first-order valence-electron chi connectivity index (χ1n) is 9.10. The van der Waals surface area contributed by atoms with E-state index in [2.05, 4.69) is 55.1 Å². The second kappa shape index (κ2) is 8.06. The third-order valence-electron chi connectivity index (χ3n) is 4.80. The quantitative estimate of drug-likeness (QED) is 0.313. The summed E-state index contributed by atoms with van der Waals surface area (Å²) in [6, 6.07) is 22.9.